The molecular formula is C16H15NOS. The molecule has 0 aliphatic carbocycles. The number of hydrogen-bond acceptors (Lipinski definition) is 3. The van der Waals surface area contributed by atoms with Crippen LogP contribution in [-0.4, -0.2) is 0 Å². The van der Waals surface area contributed by atoms with Gasteiger partial charge in [-0.25, -0.2) is 0 Å². The van der Waals surface area contributed by atoms with E-state index in [4.69, 9.17) is 10.5 Å². The Morgan fingerprint density at radius 2 is 1.89 bits per heavy atom. The maximum atomic E-state index is 5.91. The second kappa shape index (κ2) is 5.43. The van der Waals surface area contributed by atoms with Crippen molar-refractivity contribution in [3.05, 3.63) is 64.4 Å². The summed E-state index contributed by atoms with van der Waals surface area (Å²) >= 11 is 1.70. The summed E-state index contributed by atoms with van der Waals surface area (Å²) in [5, 5.41) is 4.43. The molecule has 3 heteroatoms. The number of rotatable bonds is 4. The zero-order valence-corrected chi connectivity index (χ0v) is 11.3. The zero-order chi connectivity index (χ0) is 13.1. The molecule has 3 aromatic rings. The average molecular weight is 269 g/mol. The van der Waals surface area contributed by atoms with Crippen molar-refractivity contribution >= 4 is 22.1 Å². The van der Waals surface area contributed by atoms with E-state index in [-0.39, 0.29) is 0 Å². The van der Waals surface area contributed by atoms with Crippen LogP contribution >= 0.6 is 11.3 Å². The molecule has 96 valence electrons. The van der Waals surface area contributed by atoms with Crippen LogP contribution in [0.25, 0.3) is 10.8 Å². The summed E-state index contributed by atoms with van der Waals surface area (Å²) < 4.78 is 5.91. The Morgan fingerprint density at radius 3 is 2.68 bits per heavy atom. The number of hydrogen-bond donors (Lipinski definition) is 1. The van der Waals surface area contributed by atoms with Gasteiger partial charge in [0.25, 0.3) is 0 Å². The molecule has 0 saturated heterocycles. The van der Waals surface area contributed by atoms with E-state index in [0.717, 1.165) is 11.3 Å². The molecule has 2 nitrogen and oxygen atoms in total. The van der Waals surface area contributed by atoms with Gasteiger partial charge in [0.05, 0.1) is 0 Å². The first-order valence-corrected chi connectivity index (χ1v) is 7.12. The lowest BCUT2D eigenvalue weighted by molar-refractivity contribution is 0.307. The Hall–Kier alpha value is -1.84. The van der Waals surface area contributed by atoms with Gasteiger partial charge in [0.15, 0.2) is 0 Å². The number of thiophene rings is 1. The Bertz CT molecular complexity index is 676. The van der Waals surface area contributed by atoms with E-state index in [1.54, 1.807) is 11.3 Å². The minimum Gasteiger partial charge on any atom is -0.488 e. The zero-order valence-electron chi connectivity index (χ0n) is 10.5. The predicted octanol–water partition coefficient (Wildman–Crippen LogP) is 3.94. The average Bonchev–Trinajstić information content (AvgIpc) is 2.97. The van der Waals surface area contributed by atoms with Crippen LogP contribution in [0.2, 0.25) is 0 Å². The number of benzene rings is 2. The summed E-state index contributed by atoms with van der Waals surface area (Å²) in [6.45, 7) is 1.09. The molecular weight excluding hydrogens is 254 g/mol. The Kier molecular flexibility index (Phi) is 3.49. The molecule has 0 spiro atoms. The lowest BCUT2D eigenvalue weighted by atomic mass is 10.0. The maximum absolute atomic E-state index is 5.91. The molecule has 0 amide bonds. The second-order valence-corrected chi connectivity index (χ2v) is 5.37. The van der Waals surface area contributed by atoms with E-state index in [9.17, 15) is 0 Å². The summed E-state index contributed by atoms with van der Waals surface area (Å²) in [6.07, 6.45) is 0. The minimum atomic E-state index is 0.487. The van der Waals surface area contributed by atoms with E-state index in [1.807, 2.05) is 24.3 Å². The second-order valence-electron chi connectivity index (χ2n) is 4.34. The third-order valence-electron chi connectivity index (χ3n) is 3.15. The Labute approximate surface area is 116 Å². The molecule has 0 aliphatic heterocycles. The van der Waals surface area contributed by atoms with Crippen molar-refractivity contribution in [2.45, 2.75) is 13.2 Å². The molecule has 0 fully saturated rings. The first-order chi connectivity index (χ1) is 9.38. The van der Waals surface area contributed by atoms with E-state index in [2.05, 4.69) is 29.6 Å². The smallest absolute Gasteiger partial charge is 0.124 e. The van der Waals surface area contributed by atoms with Gasteiger partial charge in [0.1, 0.15) is 12.4 Å². The molecule has 1 heterocycles. The van der Waals surface area contributed by atoms with Gasteiger partial charge >= 0.3 is 0 Å². The predicted molar refractivity (Wildman–Crippen MR) is 80.5 cm³/mol. The molecule has 1 aromatic heterocycles. The fraction of sp³-hybridized carbons (Fsp3) is 0.125. The quantitative estimate of drug-likeness (QED) is 0.778. The fourth-order valence-corrected chi connectivity index (χ4v) is 2.82. The largest absolute Gasteiger partial charge is 0.488 e. The number of fused-ring (bicyclic) bond motifs is 1. The summed E-state index contributed by atoms with van der Waals surface area (Å²) in [5.74, 6) is 0.884. The lowest BCUT2D eigenvalue weighted by Crippen LogP contribution is -2.03. The van der Waals surface area contributed by atoms with Gasteiger partial charge in [-0.05, 0) is 28.3 Å². The topological polar surface area (TPSA) is 35.2 Å². The molecule has 0 unspecified atom stereocenters. The van der Waals surface area contributed by atoms with Gasteiger partial charge in [0.2, 0.25) is 0 Å². The van der Waals surface area contributed by atoms with Crippen molar-refractivity contribution in [1.82, 2.24) is 0 Å². The molecule has 0 radical (unpaired) electrons. The molecule has 0 aliphatic rings. The van der Waals surface area contributed by atoms with Crippen LogP contribution in [-0.2, 0) is 13.2 Å². The van der Waals surface area contributed by atoms with Gasteiger partial charge in [-0.1, -0.05) is 36.4 Å². The van der Waals surface area contributed by atoms with Crippen molar-refractivity contribution in [2.75, 3.05) is 0 Å². The molecule has 2 N–H and O–H groups in total. The van der Waals surface area contributed by atoms with E-state index < -0.39 is 0 Å². The molecule has 2 aromatic carbocycles. The number of nitrogens with two attached hydrogens (primary N) is 1. The van der Waals surface area contributed by atoms with Crippen molar-refractivity contribution in [3.63, 3.8) is 0 Å². The lowest BCUT2D eigenvalue weighted by Gasteiger charge is -2.12. The van der Waals surface area contributed by atoms with Crippen LogP contribution in [0.5, 0.6) is 5.75 Å². The van der Waals surface area contributed by atoms with Crippen LogP contribution < -0.4 is 10.5 Å². The summed E-state index contributed by atoms with van der Waals surface area (Å²) in [7, 11) is 0. The summed E-state index contributed by atoms with van der Waals surface area (Å²) in [5.41, 5.74) is 6.97. The summed E-state index contributed by atoms with van der Waals surface area (Å²) in [4.78, 5) is 1.22. The van der Waals surface area contributed by atoms with Gasteiger partial charge in [0, 0.05) is 17.0 Å². The van der Waals surface area contributed by atoms with Crippen molar-refractivity contribution < 1.29 is 4.74 Å². The monoisotopic (exact) mass is 269 g/mol. The number of ether oxygens (including phenoxy) is 1. The summed E-state index contributed by atoms with van der Waals surface area (Å²) in [6, 6.07) is 16.5. The Morgan fingerprint density at radius 1 is 1.00 bits per heavy atom. The van der Waals surface area contributed by atoms with E-state index in [0.29, 0.717) is 13.2 Å². The van der Waals surface area contributed by atoms with Crippen LogP contribution in [0.4, 0.5) is 0 Å². The van der Waals surface area contributed by atoms with Gasteiger partial charge in [-0.15, -0.1) is 11.3 Å². The van der Waals surface area contributed by atoms with E-state index >= 15 is 0 Å². The minimum absolute atomic E-state index is 0.487. The first-order valence-electron chi connectivity index (χ1n) is 6.24. The highest BCUT2D eigenvalue weighted by Gasteiger charge is 2.07. The molecule has 3 rings (SSSR count). The standard InChI is InChI=1S/C16H15NOS/c17-10-15-14-6-2-1-4-12(14)7-8-16(15)18-11-13-5-3-9-19-13/h1-9H,10-11,17H2. The van der Waals surface area contributed by atoms with Gasteiger partial charge in [-0.3, -0.25) is 0 Å². The highest BCUT2D eigenvalue weighted by Crippen LogP contribution is 2.28. The van der Waals surface area contributed by atoms with Crippen molar-refractivity contribution in [3.8, 4) is 5.75 Å². The van der Waals surface area contributed by atoms with Crippen molar-refractivity contribution in [1.29, 1.82) is 0 Å². The van der Waals surface area contributed by atoms with Crippen LogP contribution in [0.1, 0.15) is 10.4 Å². The van der Waals surface area contributed by atoms with Crippen LogP contribution in [0, 0.1) is 0 Å². The normalized spacial score (nSPS) is 10.8. The first kappa shape index (κ1) is 12.2. The highest BCUT2D eigenvalue weighted by molar-refractivity contribution is 7.09. The fourth-order valence-electron chi connectivity index (χ4n) is 2.21. The van der Waals surface area contributed by atoms with Crippen molar-refractivity contribution in [2.24, 2.45) is 5.73 Å². The molecule has 0 atom stereocenters. The van der Waals surface area contributed by atoms with Gasteiger partial charge in [-0.2, -0.15) is 0 Å². The van der Waals surface area contributed by atoms with E-state index in [1.165, 1.54) is 15.6 Å². The highest BCUT2D eigenvalue weighted by atomic mass is 32.1. The maximum Gasteiger partial charge on any atom is 0.124 e. The van der Waals surface area contributed by atoms with Gasteiger partial charge < -0.3 is 10.5 Å². The third-order valence-corrected chi connectivity index (χ3v) is 4.00. The molecule has 0 bridgehead atoms. The third kappa shape index (κ3) is 2.48. The SMILES string of the molecule is NCc1c(OCc2cccs2)ccc2ccccc12. The van der Waals surface area contributed by atoms with Crippen LogP contribution in [0.3, 0.4) is 0 Å². The Balaban J connectivity index is 1.94. The van der Waals surface area contributed by atoms with Crippen LogP contribution in [0.15, 0.2) is 53.9 Å². The molecule has 19 heavy (non-hydrogen) atoms. The molecule has 0 saturated carbocycles.